The molecule has 0 spiro atoms. The van der Waals surface area contributed by atoms with E-state index >= 15 is 0 Å². The monoisotopic (exact) mass is 308 g/mol. The van der Waals surface area contributed by atoms with Gasteiger partial charge in [0.25, 0.3) is 0 Å². The second-order valence-electron chi connectivity index (χ2n) is 6.54. The summed E-state index contributed by atoms with van der Waals surface area (Å²) in [6, 6.07) is 5.37. The number of primary amides is 1. The number of piperidine rings is 3. The summed E-state index contributed by atoms with van der Waals surface area (Å²) in [7, 11) is 0. The van der Waals surface area contributed by atoms with E-state index in [-0.39, 0.29) is 0 Å². The molecule has 2 bridgehead atoms. The van der Waals surface area contributed by atoms with Gasteiger partial charge >= 0.3 is 0 Å². The van der Waals surface area contributed by atoms with Crippen molar-refractivity contribution in [3.8, 4) is 11.8 Å². The Morgan fingerprint density at radius 1 is 1.35 bits per heavy atom. The standard InChI is InChI=1S/C19H20N2O2/c1-2-3-14-15-10-13(19(20)22)4-5-17(15)23-18(14)16-11-21-8-6-12(16)7-9-21/h4-5,10,12,16H,6-9,11H2,1H3,(H2,20,22)/t16-/m0/s1. The van der Waals surface area contributed by atoms with Gasteiger partial charge in [-0.2, -0.15) is 0 Å². The molecule has 3 fully saturated rings. The second kappa shape index (κ2) is 5.43. The zero-order valence-electron chi connectivity index (χ0n) is 13.3. The van der Waals surface area contributed by atoms with E-state index in [9.17, 15) is 4.79 Å². The average molecular weight is 308 g/mol. The fraction of sp³-hybridized carbons (Fsp3) is 0.421. The number of furan rings is 1. The van der Waals surface area contributed by atoms with Crippen LogP contribution in [0.25, 0.3) is 11.0 Å². The third kappa shape index (κ3) is 2.32. The van der Waals surface area contributed by atoms with E-state index in [2.05, 4.69) is 16.7 Å². The minimum atomic E-state index is -0.423. The number of fused-ring (bicyclic) bond motifs is 4. The lowest BCUT2D eigenvalue weighted by molar-refractivity contribution is 0.0785. The maximum atomic E-state index is 11.5. The van der Waals surface area contributed by atoms with Crippen LogP contribution < -0.4 is 5.73 Å². The molecule has 3 saturated heterocycles. The minimum Gasteiger partial charge on any atom is -0.459 e. The van der Waals surface area contributed by atoms with Gasteiger partial charge in [0, 0.05) is 23.4 Å². The number of amides is 1. The number of carbonyl (C=O) groups is 1. The van der Waals surface area contributed by atoms with Crippen LogP contribution in [-0.4, -0.2) is 30.4 Å². The van der Waals surface area contributed by atoms with E-state index in [1.807, 2.05) is 19.1 Å². The number of carbonyl (C=O) groups excluding carboxylic acids is 1. The molecule has 0 unspecified atom stereocenters. The Hall–Kier alpha value is -2.25. The summed E-state index contributed by atoms with van der Waals surface area (Å²) in [5, 5.41) is 0.905. The van der Waals surface area contributed by atoms with E-state index in [4.69, 9.17) is 10.2 Å². The lowest BCUT2D eigenvalue weighted by Crippen LogP contribution is -2.46. The molecule has 1 atom stereocenters. The molecule has 4 heterocycles. The molecule has 0 saturated carbocycles. The summed E-state index contributed by atoms with van der Waals surface area (Å²) in [6.07, 6.45) is 2.46. The van der Waals surface area contributed by atoms with Gasteiger partial charge in [-0.05, 0) is 57.0 Å². The van der Waals surface area contributed by atoms with Crippen molar-refractivity contribution in [3.05, 3.63) is 35.1 Å². The van der Waals surface area contributed by atoms with Crippen molar-refractivity contribution in [1.29, 1.82) is 0 Å². The quantitative estimate of drug-likeness (QED) is 0.868. The number of nitrogens with zero attached hydrogens (tertiary/aromatic N) is 1. The first-order valence-electron chi connectivity index (χ1n) is 8.18. The Balaban J connectivity index is 1.87. The van der Waals surface area contributed by atoms with Gasteiger partial charge in [0.15, 0.2) is 0 Å². The van der Waals surface area contributed by atoms with Crippen LogP contribution in [0.3, 0.4) is 0 Å². The highest BCUT2D eigenvalue weighted by atomic mass is 16.3. The number of rotatable bonds is 2. The van der Waals surface area contributed by atoms with Crippen molar-refractivity contribution in [2.45, 2.75) is 25.7 Å². The first-order valence-corrected chi connectivity index (χ1v) is 8.18. The number of hydrogen-bond acceptors (Lipinski definition) is 3. The molecule has 1 aromatic carbocycles. The van der Waals surface area contributed by atoms with Gasteiger partial charge in [-0.25, -0.2) is 0 Å². The summed E-state index contributed by atoms with van der Waals surface area (Å²) in [5.41, 5.74) is 7.64. The summed E-state index contributed by atoms with van der Waals surface area (Å²) in [5.74, 6) is 7.85. The second-order valence-corrected chi connectivity index (χ2v) is 6.54. The molecule has 0 aliphatic carbocycles. The molecule has 1 amide bonds. The molecular formula is C19H20N2O2. The van der Waals surface area contributed by atoms with E-state index in [1.165, 1.54) is 25.9 Å². The van der Waals surface area contributed by atoms with Crippen molar-refractivity contribution >= 4 is 16.9 Å². The zero-order chi connectivity index (χ0) is 16.0. The summed E-state index contributed by atoms with van der Waals surface area (Å²) < 4.78 is 6.20. The van der Waals surface area contributed by atoms with Crippen LogP contribution in [0.2, 0.25) is 0 Å². The fourth-order valence-electron chi connectivity index (χ4n) is 4.05. The third-order valence-corrected chi connectivity index (χ3v) is 5.24. The van der Waals surface area contributed by atoms with Gasteiger partial charge in [0.1, 0.15) is 11.3 Å². The van der Waals surface area contributed by atoms with Crippen LogP contribution >= 0.6 is 0 Å². The first-order chi connectivity index (χ1) is 11.2. The van der Waals surface area contributed by atoms with Crippen molar-refractivity contribution in [3.63, 3.8) is 0 Å². The van der Waals surface area contributed by atoms with Crippen molar-refractivity contribution in [2.24, 2.45) is 11.7 Å². The average Bonchev–Trinajstić information content (AvgIpc) is 2.94. The molecule has 2 aromatic rings. The highest BCUT2D eigenvalue weighted by molar-refractivity contribution is 5.98. The van der Waals surface area contributed by atoms with Crippen LogP contribution in [-0.2, 0) is 0 Å². The topological polar surface area (TPSA) is 59.5 Å². The number of hydrogen-bond donors (Lipinski definition) is 1. The molecule has 4 heteroatoms. The molecule has 23 heavy (non-hydrogen) atoms. The summed E-state index contributed by atoms with van der Waals surface area (Å²) in [4.78, 5) is 14.0. The Kier molecular flexibility index (Phi) is 3.39. The SMILES string of the molecule is CC#Cc1c([C@H]2CN3CCC2CC3)oc2ccc(C(N)=O)cc12. The Bertz CT molecular complexity index is 832. The lowest BCUT2D eigenvalue weighted by Gasteiger charge is -2.44. The van der Waals surface area contributed by atoms with Gasteiger partial charge in [-0.3, -0.25) is 4.79 Å². The van der Waals surface area contributed by atoms with Gasteiger partial charge < -0.3 is 15.1 Å². The lowest BCUT2D eigenvalue weighted by atomic mass is 9.77. The van der Waals surface area contributed by atoms with Gasteiger partial charge in [-0.1, -0.05) is 5.92 Å². The molecule has 3 aliphatic rings. The predicted octanol–water partition coefficient (Wildman–Crippen LogP) is 2.71. The van der Waals surface area contributed by atoms with Crippen molar-refractivity contribution in [2.75, 3.05) is 19.6 Å². The highest BCUT2D eigenvalue weighted by Gasteiger charge is 2.38. The number of benzene rings is 1. The van der Waals surface area contributed by atoms with E-state index in [0.717, 1.165) is 28.8 Å². The molecule has 5 rings (SSSR count). The molecule has 0 radical (unpaired) electrons. The fourth-order valence-corrected chi connectivity index (χ4v) is 4.05. The van der Waals surface area contributed by atoms with Crippen molar-refractivity contribution < 1.29 is 9.21 Å². The molecule has 2 N–H and O–H groups in total. The van der Waals surface area contributed by atoms with E-state index in [1.54, 1.807) is 6.07 Å². The third-order valence-electron chi connectivity index (χ3n) is 5.24. The summed E-state index contributed by atoms with van der Waals surface area (Å²) in [6.45, 7) is 5.27. The Morgan fingerprint density at radius 3 is 2.74 bits per heavy atom. The molecule has 3 aliphatic heterocycles. The van der Waals surface area contributed by atoms with Crippen LogP contribution in [0.5, 0.6) is 0 Å². The van der Waals surface area contributed by atoms with Gasteiger partial charge in [-0.15, -0.1) is 5.92 Å². The Morgan fingerprint density at radius 2 is 2.13 bits per heavy atom. The van der Waals surface area contributed by atoms with Crippen molar-refractivity contribution in [1.82, 2.24) is 4.90 Å². The number of nitrogens with two attached hydrogens (primary N) is 1. The smallest absolute Gasteiger partial charge is 0.248 e. The van der Waals surface area contributed by atoms with Crippen LogP contribution in [0.4, 0.5) is 0 Å². The van der Waals surface area contributed by atoms with Crippen LogP contribution in [0.1, 0.15) is 47.4 Å². The maximum Gasteiger partial charge on any atom is 0.248 e. The van der Waals surface area contributed by atoms with E-state index in [0.29, 0.717) is 17.4 Å². The summed E-state index contributed by atoms with van der Waals surface area (Å²) >= 11 is 0. The first kappa shape index (κ1) is 14.3. The molecule has 1 aromatic heterocycles. The van der Waals surface area contributed by atoms with Crippen LogP contribution in [0, 0.1) is 17.8 Å². The zero-order valence-corrected chi connectivity index (χ0v) is 13.3. The maximum absolute atomic E-state index is 11.5. The minimum absolute atomic E-state index is 0.401. The molecule has 4 nitrogen and oxygen atoms in total. The normalized spacial score (nSPS) is 26.0. The predicted molar refractivity (Wildman–Crippen MR) is 89.2 cm³/mol. The highest BCUT2D eigenvalue weighted by Crippen LogP contribution is 2.42. The van der Waals surface area contributed by atoms with E-state index < -0.39 is 5.91 Å². The van der Waals surface area contributed by atoms with Gasteiger partial charge in [0.05, 0.1) is 5.56 Å². The van der Waals surface area contributed by atoms with Gasteiger partial charge in [0.2, 0.25) is 5.91 Å². The largest absolute Gasteiger partial charge is 0.459 e. The molecule has 118 valence electrons. The van der Waals surface area contributed by atoms with Crippen LogP contribution in [0.15, 0.2) is 22.6 Å². The molecular weight excluding hydrogens is 288 g/mol. The Labute approximate surface area is 135 Å².